The summed E-state index contributed by atoms with van der Waals surface area (Å²) in [4.78, 5) is 23.0. The van der Waals surface area contributed by atoms with E-state index >= 15 is 0 Å². The molecule has 10 heteroatoms. The number of nitrogens with zero attached hydrogens (tertiary/aromatic N) is 2. The lowest BCUT2D eigenvalue weighted by Crippen LogP contribution is -2.32. The third kappa shape index (κ3) is 4.17. The Morgan fingerprint density at radius 1 is 1.42 bits per heavy atom. The molecule has 9 nitrogen and oxygen atoms in total. The van der Waals surface area contributed by atoms with Crippen molar-refractivity contribution in [3.05, 3.63) is 36.0 Å². The lowest BCUT2D eigenvalue weighted by Gasteiger charge is -2.14. The molecule has 2 rings (SSSR count). The average Bonchev–Trinajstić information content (AvgIpc) is 2.84. The van der Waals surface area contributed by atoms with Crippen LogP contribution in [0.25, 0.3) is 10.9 Å². The molecule has 0 bridgehead atoms. The molecule has 0 aliphatic heterocycles. The van der Waals surface area contributed by atoms with Gasteiger partial charge < -0.3 is 15.4 Å². The number of hydrogen-bond acceptors (Lipinski definition) is 5. The van der Waals surface area contributed by atoms with Gasteiger partial charge in [-0.15, -0.1) is 4.28 Å². The van der Waals surface area contributed by atoms with Gasteiger partial charge in [-0.3, -0.25) is 14.1 Å². The van der Waals surface area contributed by atoms with Crippen LogP contribution in [-0.4, -0.2) is 48.5 Å². The van der Waals surface area contributed by atoms with Crippen LogP contribution in [0.5, 0.6) is 0 Å². The Labute approximate surface area is 140 Å². The number of carbonyl (C=O) groups excluding carboxylic acids is 1. The minimum absolute atomic E-state index is 0.115. The van der Waals surface area contributed by atoms with Crippen LogP contribution in [0.3, 0.4) is 0 Å². The van der Waals surface area contributed by atoms with E-state index in [2.05, 4.69) is 4.28 Å². The van der Waals surface area contributed by atoms with Crippen molar-refractivity contribution >= 4 is 34.1 Å². The van der Waals surface area contributed by atoms with Gasteiger partial charge >= 0.3 is 17.3 Å². The minimum Gasteiger partial charge on any atom is -0.480 e. The second-order valence-corrected chi connectivity index (χ2v) is 5.71. The molecule has 1 amide bonds. The van der Waals surface area contributed by atoms with Crippen molar-refractivity contribution in [3.8, 4) is 0 Å². The van der Waals surface area contributed by atoms with Crippen LogP contribution in [0.15, 0.2) is 30.5 Å². The van der Waals surface area contributed by atoms with Crippen LogP contribution in [0, 0.1) is 0 Å². The number of carboxylic acid groups (broad SMARTS) is 1. The number of amides is 1. The predicted molar refractivity (Wildman–Crippen MR) is 85.9 cm³/mol. The number of hydrogen-bond donors (Lipinski definition) is 3. The maximum atomic E-state index is 12.0. The van der Waals surface area contributed by atoms with E-state index in [-0.39, 0.29) is 13.0 Å². The lowest BCUT2D eigenvalue weighted by atomic mass is 10.1. The summed E-state index contributed by atoms with van der Waals surface area (Å²) in [5, 5.41) is 10.4. The maximum absolute atomic E-state index is 12.0. The number of likely N-dealkylation sites (N-methyl/N-ethyl adjacent to an activating group) is 1. The van der Waals surface area contributed by atoms with E-state index in [1.54, 1.807) is 29.0 Å². The highest BCUT2D eigenvalue weighted by atomic mass is 32.2. The summed E-state index contributed by atoms with van der Waals surface area (Å²) < 4.78 is 25.2. The van der Waals surface area contributed by atoms with Gasteiger partial charge in [0.1, 0.15) is 12.6 Å². The smallest absolute Gasteiger partial charge is 0.325 e. The SMILES string of the molecule is CN(OS(=O)O)C(=O)Cn1cc(C[C@H](N)C(=O)O)c2ccccc21. The minimum atomic E-state index is -2.60. The van der Waals surface area contributed by atoms with Crippen molar-refractivity contribution in [3.63, 3.8) is 0 Å². The van der Waals surface area contributed by atoms with Crippen LogP contribution in [-0.2, 0) is 38.2 Å². The number of benzene rings is 1. The van der Waals surface area contributed by atoms with Gasteiger partial charge in [0.05, 0.1) is 0 Å². The number of carboxylic acids is 1. The number of hydroxylamine groups is 2. The van der Waals surface area contributed by atoms with E-state index in [4.69, 9.17) is 15.4 Å². The monoisotopic (exact) mass is 355 g/mol. The van der Waals surface area contributed by atoms with Crippen molar-refractivity contribution < 1.29 is 27.7 Å². The van der Waals surface area contributed by atoms with Gasteiger partial charge in [0.15, 0.2) is 0 Å². The molecule has 1 aromatic carbocycles. The molecule has 1 aromatic heterocycles. The molecule has 2 aromatic rings. The van der Waals surface area contributed by atoms with Gasteiger partial charge in [0.2, 0.25) is 0 Å². The van der Waals surface area contributed by atoms with E-state index in [9.17, 15) is 13.8 Å². The number of aromatic nitrogens is 1. The van der Waals surface area contributed by atoms with E-state index in [0.717, 1.165) is 10.9 Å². The molecule has 0 radical (unpaired) electrons. The molecular formula is C14H17N3O6S. The highest BCUT2D eigenvalue weighted by Gasteiger charge is 2.19. The second kappa shape index (κ2) is 7.53. The maximum Gasteiger partial charge on any atom is 0.325 e. The van der Waals surface area contributed by atoms with Crippen molar-refractivity contribution in [1.82, 2.24) is 9.63 Å². The Kier molecular flexibility index (Phi) is 5.67. The average molecular weight is 355 g/mol. The van der Waals surface area contributed by atoms with Crippen molar-refractivity contribution in [1.29, 1.82) is 0 Å². The molecule has 24 heavy (non-hydrogen) atoms. The first-order valence-electron chi connectivity index (χ1n) is 6.90. The third-order valence-corrected chi connectivity index (χ3v) is 3.81. The Morgan fingerprint density at radius 3 is 2.71 bits per heavy atom. The zero-order valence-electron chi connectivity index (χ0n) is 12.8. The molecule has 1 unspecified atom stereocenters. The molecule has 4 N–H and O–H groups in total. The van der Waals surface area contributed by atoms with Crippen LogP contribution >= 0.6 is 0 Å². The van der Waals surface area contributed by atoms with Gasteiger partial charge in [-0.1, -0.05) is 18.2 Å². The van der Waals surface area contributed by atoms with Crippen molar-refractivity contribution in [2.45, 2.75) is 19.0 Å². The molecule has 1 heterocycles. The van der Waals surface area contributed by atoms with Crippen LogP contribution in [0.1, 0.15) is 5.56 Å². The molecule has 0 aliphatic rings. The second-order valence-electron chi connectivity index (χ2n) is 5.13. The fourth-order valence-corrected chi connectivity index (χ4v) is 2.60. The number of aliphatic carboxylic acids is 1. The Morgan fingerprint density at radius 2 is 2.08 bits per heavy atom. The summed E-state index contributed by atoms with van der Waals surface area (Å²) >= 11 is -2.60. The summed E-state index contributed by atoms with van der Waals surface area (Å²) in [6.07, 6.45) is 1.76. The first-order valence-corrected chi connectivity index (χ1v) is 7.93. The fraction of sp³-hybridized carbons (Fsp3) is 0.286. The molecule has 130 valence electrons. The van der Waals surface area contributed by atoms with E-state index in [1.165, 1.54) is 7.05 Å². The Balaban J connectivity index is 2.29. The first kappa shape index (κ1) is 18.1. The van der Waals surface area contributed by atoms with E-state index in [0.29, 0.717) is 10.6 Å². The fourth-order valence-electron chi connectivity index (χ4n) is 2.32. The lowest BCUT2D eigenvalue weighted by molar-refractivity contribution is -0.152. The van der Waals surface area contributed by atoms with Gasteiger partial charge in [-0.2, -0.15) is 4.21 Å². The zero-order valence-corrected chi connectivity index (χ0v) is 13.6. The standard InChI is InChI=1S/C14H17N3O6S/c1-16(23-24(21)22)13(18)8-17-7-9(6-11(15)14(19)20)10-4-2-3-5-12(10)17/h2-5,7,11H,6,8,15H2,1H3,(H,19,20)(H,21,22)/t11-/m0/s1. The van der Waals surface area contributed by atoms with Crippen LogP contribution in [0.2, 0.25) is 0 Å². The van der Waals surface area contributed by atoms with Gasteiger partial charge in [-0.25, -0.2) is 5.06 Å². The summed E-state index contributed by atoms with van der Waals surface area (Å²) in [5.74, 6) is -1.66. The number of carbonyl (C=O) groups is 2. The number of para-hydroxylation sites is 1. The Hall–Kier alpha value is -2.27. The Bertz CT molecular complexity index is 790. The van der Waals surface area contributed by atoms with E-state index < -0.39 is 29.3 Å². The number of fused-ring (bicyclic) bond motifs is 1. The third-order valence-electron chi connectivity index (χ3n) is 3.46. The molecular weight excluding hydrogens is 338 g/mol. The number of rotatable bonds is 7. The quantitative estimate of drug-likeness (QED) is 0.474. The summed E-state index contributed by atoms with van der Waals surface area (Å²) in [5.41, 5.74) is 7.00. The molecule has 0 fully saturated rings. The predicted octanol–water partition coefficient (Wildman–Crippen LogP) is 0.122. The van der Waals surface area contributed by atoms with Crippen molar-refractivity contribution in [2.24, 2.45) is 5.73 Å². The topological polar surface area (TPSA) is 135 Å². The zero-order chi connectivity index (χ0) is 17.9. The van der Waals surface area contributed by atoms with Gasteiger partial charge in [0, 0.05) is 30.6 Å². The van der Waals surface area contributed by atoms with Crippen LogP contribution < -0.4 is 5.73 Å². The summed E-state index contributed by atoms with van der Waals surface area (Å²) in [7, 11) is 1.23. The largest absolute Gasteiger partial charge is 0.480 e. The number of nitrogens with two attached hydrogens (primary N) is 1. The normalized spacial score (nSPS) is 13.6. The van der Waals surface area contributed by atoms with Gasteiger partial charge in [-0.05, 0) is 11.6 Å². The van der Waals surface area contributed by atoms with Crippen molar-refractivity contribution in [2.75, 3.05) is 7.05 Å². The highest BCUT2D eigenvalue weighted by Crippen LogP contribution is 2.22. The summed E-state index contributed by atoms with van der Waals surface area (Å²) in [6, 6.07) is 6.12. The molecule has 0 aliphatic carbocycles. The van der Waals surface area contributed by atoms with Crippen LogP contribution in [0.4, 0.5) is 0 Å². The first-order chi connectivity index (χ1) is 11.3. The molecule has 0 saturated carbocycles. The highest BCUT2D eigenvalue weighted by molar-refractivity contribution is 7.74. The summed E-state index contributed by atoms with van der Waals surface area (Å²) in [6.45, 7) is -0.142. The molecule has 0 spiro atoms. The van der Waals surface area contributed by atoms with E-state index in [1.807, 2.05) is 6.07 Å². The molecule has 2 atom stereocenters. The molecule has 0 saturated heterocycles. The van der Waals surface area contributed by atoms with Gasteiger partial charge in [0.25, 0.3) is 5.91 Å².